The van der Waals surface area contributed by atoms with E-state index in [2.05, 4.69) is 30.9 Å². The molecule has 1 aromatic carbocycles. The maximum absolute atomic E-state index is 13.1. The number of hydrogen-bond donors (Lipinski definition) is 4. The van der Waals surface area contributed by atoms with Crippen molar-refractivity contribution in [2.45, 2.75) is 46.0 Å². The molecule has 1 fully saturated rings. The lowest BCUT2D eigenvalue weighted by Crippen LogP contribution is -2.71. The van der Waals surface area contributed by atoms with Gasteiger partial charge in [0.05, 0.1) is 38.9 Å². The largest absolute Gasteiger partial charge is 0.481 e. The fourth-order valence-electron chi connectivity index (χ4n) is 5.46. The number of aliphatic carboxylic acids is 1. The molecule has 3 unspecified atom stereocenters. The molecule has 0 spiro atoms. The van der Waals surface area contributed by atoms with Crippen molar-refractivity contribution < 1.29 is 19.4 Å². The highest BCUT2D eigenvalue weighted by Crippen LogP contribution is 2.46. The number of amides is 2. The Morgan fingerprint density at radius 1 is 1.27 bits per heavy atom. The molecule has 1 saturated heterocycles. The number of fused-ring (bicyclic) bond motifs is 1. The van der Waals surface area contributed by atoms with Crippen molar-refractivity contribution in [3.8, 4) is 17.1 Å². The molecule has 4 heterocycles. The van der Waals surface area contributed by atoms with Crippen LogP contribution < -0.4 is 25.6 Å². The molecule has 0 bridgehead atoms. The number of hydrogen-bond acceptors (Lipinski definition) is 10. The van der Waals surface area contributed by atoms with Crippen LogP contribution in [0.1, 0.15) is 34.1 Å². The quantitative estimate of drug-likeness (QED) is 0.314. The normalized spacial score (nSPS) is 24.0. The lowest BCUT2D eigenvalue weighted by atomic mass is 9.68. The van der Waals surface area contributed by atoms with Gasteiger partial charge in [0.2, 0.25) is 11.7 Å². The highest BCUT2D eigenvalue weighted by Gasteiger charge is 2.57. The Hall–Kier alpha value is -4.10. The molecule has 0 aliphatic carbocycles. The molecule has 2 aliphatic rings. The van der Waals surface area contributed by atoms with Crippen LogP contribution >= 0.6 is 11.3 Å². The van der Waals surface area contributed by atoms with Gasteiger partial charge >= 0.3 is 12.0 Å². The number of benzene rings is 1. The van der Waals surface area contributed by atoms with E-state index in [1.54, 1.807) is 37.0 Å². The lowest BCUT2D eigenvalue weighted by molar-refractivity contribution is -0.155. The smallest absolute Gasteiger partial charge is 0.318 e. The van der Waals surface area contributed by atoms with Gasteiger partial charge in [-0.2, -0.15) is 0 Å². The van der Waals surface area contributed by atoms with Crippen molar-refractivity contribution in [2.75, 3.05) is 24.5 Å². The first-order chi connectivity index (χ1) is 19.7. The number of aromatic nitrogens is 3. The van der Waals surface area contributed by atoms with Crippen molar-refractivity contribution in [2.24, 2.45) is 16.3 Å². The van der Waals surface area contributed by atoms with Crippen LogP contribution in [0.3, 0.4) is 0 Å². The zero-order chi connectivity index (χ0) is 29.2. The number of allylic oxidation sites excluding steroid dienone is 1. The van der Waals surface area contributed by atoms with Crippen molar-refractivity contribution in [1.29, 1.82) is 0 Å². The molecule has 12 nitrogen and oxygen atoms in total. The van der Waals surface area contributed by atoms with Crippen LogP contribution in [0.25, 0.3) is 21.5 Å². The number of aliphatic imine (C=N–C) groups is 1. The van der Waals surface area contributed by atoms with E-state index in [-0.39, 0.29) is 6.10 Å². The van der Waals surface area contributed by atoms with Crippen molar-refractivity contribution in [3.63, 3.8) is 0 Å². The van der Waals surface area contributed by atoms with Crippen molar-refractivity contribution >= 4 is 45.5 Å². The standard InChI is InChI=1S/C28H34N8O4S/c1-5-30-26(39)35-28(22-14-29-9-7-27(22,4)25(37)38)34-8-6-10-36(28)18-11-19(24-21(12-18)33-16-41-24)20-13-23(32-15-31-20)40-17(2)3/h6,8,10-13,15-17,22,29H,5,7,9,14H2,1-4H3,(H,37,38)(H2,30,35,39). The Morgan fingerprint density at radius 3 is 2.85 bits per heavy atom. The second-order valence-corrected chi connectivity index (χ2v) is 11.4. The van der Waals surface area contributed by atoms with Gasteiger partial charge in [0, 0.05) is 42.8 Å². The van der Waals surface area contributed by atoms with E-state index in [1.807, 2.05) is 37.8 Å². The van der Waals surface area contributed by atoms with Gasteiger partial charge < -0.3 is 25.4 Å². The number of anilines is 1. The minimum absolute atomic E-state index is 0.0579. The summed E-state index contributed by atoms with van der Waals surface area (Å²) in [6.45, 7) is 8.66. The Morgan fingerprint density at radius 2 is 2.10 bits per heavy atom. The van der Waals surface area contributed by atoms with Crippen LogP contribution in [0.4, 0.5) is 10.5 Å². The molecule has 5 rings (SSSR count). The monoisotopic (exact) mass is 578 g/mol. The summed E-state index contributed by atoms with van der Waals surface area (Å²) in [5.74, 6) is -2.61. The average Bonchev–Trinajstić information content (AvgIpc) is 3.42. The molecule has 2 aromatic heterocycles. The van der Waals surface area contributed by atoms with Crippen LogP contribution in [0.15, 0.2) is 47.3 Å². The number of piperidine rings is 1. The Labute approximate surface area is 242 Å². The van der Waals surface area contributed by atoms with Gasteiger partial charge in [-0.1, -0.05) is 0 Å². The molecule has 2 amide bonds. The molecule has 13 heteroatoms. The molecule has 0 saturated carbocycles. The van der Waals surface area contributed by atoms with E-state index in [0.29, 0.717) is 43.3 Å². The minimum atomic E-state index is -1.47. The molecule has 41 heavy (non-hydrogen) atoms. The van der Waals surface area contributed by atoms with Gasteiger partial charge in [-0.15, -0.1) is 11.3 Å². The third-order valence-electron chi connectivity index (χ3n) is 7.48. The zero-order valence-corrected chi connectivity index (χ0v) is 24.2. The van der Waals surface area contributed by atoms with E-state index in [9.17, 15) is 14.7 Å². The number of nitrogens with zero attached hydrogens (tertiary/aromatic N) is 5. The minimum Gasteiger partial charge on any atom is -0.481 e. The predicted octanol–water partition coefficient (Wildman–Crippen LogP) is 3.62. The number of nitrogens with one attached hydrogen (secondary N) is 3. The number of thiazole rings is 1. The fourth-order valence-corrected chi connectivity index (χ4v) is 6.26. The summed E-state index contributed by atoms with van der Waals surface area (Å²) in [6.07, 6.45) is 6.94. The summed E-state index contributed by atoms with van der Waals surface area (Å²) < 4.78 is 6.74. The molecule has 4 N–H and O–H groups in total. The molecule has 3 atom stereocenters. The number of carboxylic acids is 1. The van der Waals surface area contributed by atoms with Crippen molar-refractivity contribution in [3.05, 3.63) is 42.3 Å². The Bertz CT molecular complexity index is 1510. The summed E-state index contributed by atoms with van der Waals surface area (Å²) in [4.78, 5) is 45.9. The van der Waals surface area contributed by atoms with E-state index >= 15 is 0 Å². The molecule has 216 valence electrons. The third-order valence-corrected chi connectivity index (χ3v) is 8.35. The van der Waals surface area contributed by atoms with Gasteiger partial charge in [0.25, 0.3) is 0 Å². The summed E-state index contributed by atoms with van der Waals surface area (Å²) in [5.41, 5.74) is 3.41. The number of ether oxygens (including phenoxy) is 1. The van der Waals surface area contributed by atoms with Crippen LogP contribution in [0, 0.1) is 11.3 Å². The van der Waals surface area contributed by atoms with E-state index in [1.165, 1.54) is 17.7 Å². The summed E-state index contributed by atoms with van der Waals surface area (Å²) in [5, 5.41) is 19.6. The van der Waals surface area contributed by atoms with Crippen LogP contribution in [-0.2, 0) is 4.79 Å². The highest BCUT2D eigenvalue weighted by molar-refractivity contribution is 7.17. The van der Waals surface area contributed by atoms with Crippen LogP contribution in [0.2, 0.25) is 0 Å². The first-order valence-corrected chi connectivity index (χ1v) is 14.4. The van der Waals surface area contributed by atoms with Gasteiger partial charge in [-0.05, 0) is 58.9 Å². The molecule has 0 radical (unpaired) electrons. The topological polar surface area (TPSA) is 154 Å². The summed E-state index contributed by atoms with van der Waals surface area (Å²) in [6, 6.07) is 5.20. The van der Waals surface area contributed by atoms with E-state index < -0.39 is 29.1 Å². The number of carbonyl (C=O) groups is 2. The average molecular weight is 579 g/mol. The van der Waals surface area contributed by atoms with Gasteiger partial charge in [-0.3, -0.25) is 10.1 Å². The fraction of sp³-hybridized carbons (Fsp3) is 0.429. The first-order valence-electron chi connectivity index (χ1n) is 13.6. The summed E-state index contributed by atoms with van der Waals surface area (Å²) >= 11 is 1.49. The number of urea groups is 1. The summed E-state index contributed by atoms with van der Waals surface area (Å²) in [7, 11) is 0. The van der Waals surface area contributed by atoms with E-state index in [4.69, 9.17) is 9.73 Å². The van der Waals surface area contributed by atoms with Crippen LogP contribution in [-0.4, -0.2) is 69.8 Å². The molecular weight excluding hydrogens is 544 g/mol. The van der Waals surface area contributed by atoms with E-state index in [0.717, 1.165) is 15.8 Å². The number of carboxylic acid groups (broad SMARTS) is 1. The lowest BCUT2D eigenvalue weighted by Gasteiger charge is -2.52. The van der Waals surface area contributed by atoms with Gasteiger partial charge in [0.15, 0.2) is 0 Å². The third kappa shape index (κ3) is 5.34. The van der Waals surface area contributed by atoms with Gasteiger partial charge in [0.1, 0.15) is 6.33 Å². The SMILES string of the molecule is CCNC(=O)NC1(C2CNCCC2(C)C(=O)O)N=CC=CN1c1cc(-c2cc(OC(C)C)ncn2)c2scnc2c1. The first kappa shape index (κ1) is 28.4. The second-order valence-electron chi connectivity index (χ2n) is 10.5. The molecule has 3 aromatic rings. The second kappa shape index (κ2) is 11.4. The molecule has 2 aliphatic heterocycles. The zero-order valence-electron chi connectivity index (χ0n) is 23.4. The predicted molar refractivity (Wildman–Crippen MR) is 158 cm³/mol. The van der Waals surface area contributed by atoms with Crippen LogP contribution in [0.5, 0.6) is 5.88 Å². The molecular formula is C28H34N8O4S. The maximum Gasteiger partial charge on any atom is 0.318 e. The highest BCUT2D eigenvalue weighted by atomic mass is 32.1. The number of rotatable bonds is 8. The van der Waals surface area contributed by atoms with Crippen molar-refractivity contribution in [1.82, 2.24) is 30.9 Å². The Kier molecular flexibility index (Phi) is 7.91. The Balaban J connectivity index is 1.69. The maximum atomic E-state index is 13.1. The number of carbonyl (C=O) groups excluding carboxylic acids is 1. The van der Waals surface area contributed by atoms with Gasteiger partial charge in [-0.25, -0.2) is 24.7 Å².